The lowest BCUT2D eigenvalue weighted by Gasteiger charge is -2.11. The normalized spacial score (nSPS) is 10.1. The van der Waals surface area contributed by atoms with Crippen LogP contribution in [0.1, 0.15) is 23.1 Å². The first kappa shape index (κ1) is 15.0. The van der Waals surface area contributed by atoms with Crippen LogP contribution >= 0.6 is 0 Å². The highest BCUT2D eigenvalue weighted by Gasteiger charge is 2.10. The number of carbonyl (C=O) groups is 2. The topological polar surface area (TPSA) is 75.6 Å². The molecule has 0 aromatic heterocycles. The lowest BCUT2D eigenvalue weighted by Crippen LogP contribution is -2.27. The minimum absolute atomic E-state index is 0.0736. The zero-order chi connectivity index (χ0) is 14.4. The molecule has 0 saturated heterocycles. The lowest BCUT2D eigenvalue weighted by atomic mass is 10.0. The van der Waals surface area contributed by atoms with Crippen LogP contribution in [-0.2, 0) is 16.0 Å². The van der Waals surface area contributed by atoms with Gasteiger partial charge in [0.05, 0.1) is 20.0 Å². The SMILES string of the molecule is COc1cc(C)c(C)cc1CC(=O)NCCC(=O)O. The molecule has 0 unspecified atom stereocenters. The Labute approximate surface area is 112 Å². The molecule has 0 fully saturated rings. The van der Waals surface area contributed by atoms with E-state index in [1.807, 2.05) is 26.0 Å². The van der Waals surface area contributed by atoms with E-state index in [0.29, 0.717) is 5.75 Å². The van der Waals surface area contributed by atoms with E-state index in [1.165, 1.54) is 0 Å². The van der Waals surface area contributed by atoms with Crippen molar-refractivity contribution in [3.8, 4) is 5.75 Å². The van der Waals surface area contributed by atoms with Crippen LogP contribution in [0.25, 0.3) is 0 Å². The number of methoxy groups -OCH3 is 1. The van der Waals surface area contributed by atoms with E-state index in [-0.39, 0.29) is 25.3 Å². The van der Waals surface area contributed by atoms with Crippen LogP contribution < -0.4 is 10.1 Å². The molecule has 0 atom stereocenters. The summed E-state index contributed by atoms with van der Waals surface area (Å²) in [5, 5.41) is 11.1. The third-order valence-corrected chi connectivity index (χ3v) is 2.91. The van der Waals surface area contributed by atoms with E-state index in [9.17, 15) is 9.59 Å². The van der Waals surface area contributed by atoms with Crippen molar-refractivity contribution in [1.29, 1.82) is 0 Å². The number of benzene rings is 1. The monoisotopic (exact) mass is 265 g/mol. The number of ether oxygens (including phenoxy) is 1. The molecule has 104 valence electrons. The molecule has 0 heterocycles. The molecule has 1 aromatic carbocycles. The number of rotatable bonds is 6. The number of carboxylic acids is 1. The van der Waals surface area contributed by atoms with Crippen molar-refractivity contribution in [2.45, 2.75) is 26.7 Å². The van der Waals surface area contributed by atoms with Gasteiger partial charge in [0.1, 0.15) is 5.75 Å². The van der Waals surface area contributed by atoms with Gasteiger partial charge in [-0.2, -0.15) is 0 Å². The number of amides is 1. The molecule has 5 nitrogen and oxygen atoms in total. The Morgan fingerprint density at radius 1 is 1.26 bits per heavy atom. The van der Waals surface area contributed by atoms with Crippen LogP contribution in [0.2, 0.25) is 0 Å². The quantitative estimate of drug-likeness (QED) is 0.816. The number of carboxylic acid groups (broad SMARTS) is 1. The van der Waals surface area contributed by atoms with Crippen LogP contribution in [0.3, 0.4) is 0 Å². The molecule has 0 bridgehead atoms. The van der Waals surface area contributed by atoms with Crippen molar-refractivity contribution in [3.05, 3.63) is 28.8 Å². The molecule has 19 heavy (non-hydrogen) atoms. The number of carbonyl (C=O) groups excluding carboxylic acids is 1. The second kappa shape index (κ2) is 6.78. The van der Waals surface area contributed by atoms with Gasteiger partial charge in [0, 0.05) is 12.1 Å². The van der Waals surface area contributed by atoms with E-state index in [2.05, 4.69) is 5.32 Å². The zero-order valence-corrected chi connectivity index (χ0v) is 11.4. The summed E-state index contributed by atoms with van der Waals surface area (Å²) < 4.78 is 5.25. The molecule has 1 aromatic rings. The Morgan fingerprint density at radius 2 is 1.89 bits per heavy atom. The molecule has 0 aliphatic rings. The number of nitrogens with one attached hydrogen (secondary N) is 1. The average molecular weight is 265 g/mol. The van der Waals surface area contributed by atoms with Gasteiger partial charge in [0.25, 0.3) is 0 Å². The van der Waals surface area contributed by atoms with Gasteiger partial charge in [-0.25, -0.2) is 0 Å². The van der Waals surface area contributed by atoms with Gasteiger partial charge in [-0.15, -0.1) is 0 Å². The van der Waals surface area contributed by atoms with Gasteiger partial charge in [-0.3, -0.25) is 9.59 Å². The van der Waals surface area contributed by atoms with Gasteiger partial charge in [0.15, 0.2) is 0 Å². The Hall–Kier alpha value is -2.04. The minimum atomic E-state index is -0.927. The zero-order valence-electron chi connectivity index (χ0n) is 11.4. The van der Waals surface area contributed by atoms with Crippen LogP contribution in [0.5, 0.6) is 5.75 Å². The van der Waals surface area contributed by atoms with E-state index in [4.69, 9.17) is 9.84 Å². The summed E-state index contributed by atoms with van der Waals surface area (Å²) in [6, 6.07) is 3.82. The summed E-state index contributed by atoms with van der Waals surface area (Å²) in [7, 11) is 1.57. The van der Waals surface area contributed by atoms with Crippen LogP contribution in [-0.4, -0.2) is 30.6 Å². The van der Waals surface area contributed by atoms with Crippen LogP contribution in [0.15, 0.2) is 12.1 Å². The van der Waals surface area contributed by atoms with E-state index in [1.54, 1.807) is 7.11 Å². The largest absolute Gasteiger partial charge is 0.496 e. The third kappa shape index (κ3) is 4.62. The summed E-state index contributed by atoms with van der Waals surface area (Å²) in [5.41, 5.74) is 3.00. The average Bonchev–Trinajstić information content (AvgIpc) is 2.33. The smallest absolute Gasteiger partial charge is 0.305 e. The minimum Gasteiger partial charge on any atom is -0.496 e. The van der Waals surface area contributed by atoms with Gasteiger partial charge in [-0.05, 0) is 31.0 Å². The standard InChI is InChI=1S/C14H19NO4/c1-9-6-11(12(19-3)7-10(9)2)8-13(16)15-5-4-14(17)18/h6-7H,4-5,8H2,1-3H3,(H,15,16)(H,17,18). The summed E-state index contributed by atoms with van der Waals surface area (Å²) >= 11 is 0. The molecule has 0 aliphatic heterocycles. The third-order valence-electron chi connectivity index (χ3n) is 2.91. The van der Waals surface area contributed by atoms with Crippen LogP contribution in [0.4, 0.5) is 0 Å². The second-order valence-corrected chi connectivity index (χ2v) is 4.42. The predicted molar refractivity (Wildman–Crippen MR) is 71.4 cm³/mol. The van der Waals surface area contributed by atoms with Gasteiger partial charge in [-0.1, -0.05) is 6.07 Å². The van der Waals surface area contributed by atoms with Crippen molar-refractivity contribution in [2.75, 3.05) is 13.7 Å². The number of aryl methyl sites for hydroxylation is 2. The molecule has 0 radical (unpaired) electrons. The van der Waals surface area contributed by atoms with E-state index in [0.717, 1.165) is 16.7 Å². The van der Waals surface area contributed by atoms with Gasteiger partial charge in [0.2, 0.25) is 5.91 Å². The molecule has 1 amide bonds. The molecular weight excluding hydrogens is 246 g/mol. The highest BCUT2D eigenvalue weighted by Crippen LogP contribution is 2.23. The fraction of sp³-hybridized carbons (Fsp3) is 0.429. The predicted octanol–water partition coefficient (Wildman–Crippen LogP) is 1.45. The molecule has 1 rings (SSSR count). The highest BCUT2D eigenvalue weighted by atomic mass is 16.5. The summed E-state index contributed by atoms with van der Waals surface area (Å²) in [6.45, 7) is 4.09. The van der Waals surface area contributed by atoms with Crippen molar-refractivity contribution < 1.29 is 19.4 Å². The first-order valence-electron chi connectivity index (χ1n) is 6.06. The molecule has 0 spiro atoms. The maximum absolute atomic E-state index is 11.7. The Kier molecular flexibility index (Phi) is 5.36. The fourth-order valence-corrected chi connectivity index (χ4v) is 1.72. The van der Waals surface area contributed by atoms with Crippen molar-refractivity contribution in [3.63, 3.8) is 0 Å². The molecule has 0 aliphatic carbocycles. The summed E-state index contributed by atoms with van der Waals surface area (Å²) in [4.78, 5) is 22.0. The molecular formula is C14H19NO4. The molecule has 2 N–H and O–H groups in total. The molecule has 5 heteroatoms. The second-order valence-electron chi connectivity index (χ2n) is 4.42. The van der Waals surface area contributed by atoms with E-state index < -0.39 is 5.97 Å². The van der Waals surface area contributed by atoms with E-state index >= 15 is 0 Å². The van der Waals surface area contributed by atoms with Gasteiger partial charge >= 0.3 is 5.97 Å². The number of aliphatic carboxylic acids is 1. The lowest BCUT2D eigenvalue weighted by molar-refractivity contribution is -0.136. The maximum Gasteiger partial charge on any atom is 0.305 e. The van der Waals surface area contributed by atoms with Crippen molar-refractivity contribution in [2.24, 2.45) is 0 Å². The summed E-state index contributed by atoms with van der Waals surface area (Å²) in [5.74, 6) is -0.455. The maximum atomic E-state index is 11.7. The first-order chi connectivity index (χ1) is 8.93. The number of hydrogen-bond donors (Lipinski definition) is 2. The van der Waals surface area contributed by atoms with Gasteiger partial charge < -0.3 is 15.2 Å². The van der Waals surface area contributed by atoms with Crippen molar-refractivity contribution in [1.82, 2.24) is 5.32 Å². The Balaban J connectivity index is 2.68. The molecule has 0 saturated carbocycles. The summed E-state index contributed by atoms with van der Waals surface area (Å²) in [6.07, 6.45) is 0.111. The van der Waals surface area contributed by atoms with Crippen LogP contribution in [0, 0.1) is 13.8 Å². The Bertz CT molecular complexity index is 483. The van der Waals surface area contributed by atoms with Crippen molar-refractivity contribution >= 4 is 11.9 Å². The Morgan fingerprint density at radius 3 is 2.47 bits per heavy atom. The highest BCUT2D eigenvalue weighted by molar-refractivity contribution is 5.80. The fourth-order valence-electron chi connectivity index (χ4n) is 1.72. The number of hydrogen-bond acceptors (Lipinski definition) is 3. The first-order valence-corrected chi connectivity index (χ1v) is 6.06.